The molecule has 6 rings (SSSR count). The van der Waals surface area contributed by atoms with Crippen molar-refractivity contribution in [1.29, 1.82) is 0 Å². The van der Waals surface area contributed by atoms with Gasteiger partial charge in [-0.05, 0) is 72.3 Å². The van der Waals surface area contributed by atoms with Crippen LogP contribution < -0.4 is 10.5 Å². The van der Waals surface area contributed by atoms with Gasteiger partial charge in [0, 0.05) is 31.7 Å². The van der Waals surface area contributed by atoms with Crippen LogP contribution in [0, 0.1) is 19.7 Å². The summed E-state index contributed by atoms with van der Waals surface area (Å²) in [5.41, 5.74) is 4.19. The second-order valence-corrected chi connectivity index (χ2v) is 10.4. The van der Waals surface area contributed by atoms with E-state index in [1.807, 2.05) is 29.8 Å². The smallest absolute Gasteiger partial charge is 0.253 e. The Morgan fingerprint density at radius 3 is 2.54 bits per heavy atom. The minimum atomic E-state index is -0.396. The van der Waals surface area contributed by atoms with E-state index in [2.05, 4.69) is 49.4 Å². The van der Waals surface area contributed by atoms with Gasteiger partial charge in [0.15, 0.2) is 5.82 Å². The molecule has 37 heavy (non-hydrogen) atoms. The highest BCUT2D eigenvalue weighted by molar-refractivity contribution is 5.83. The van der Waals surface area contributed by atoms with E-state index in [1.54, 1.807) is 6.07 Å². The van der Waals surface area contributed by atoms with Gasteiger partial charge in [0.25, 0.3) is 5.56 Å². The lowest BCUT2D eigenvalue weighted by Crippen LogP contribution is -2.49. The van der Waals surface area contributed by atoms with E-state index in [-0.39, 0.29) is 17.4 Å². The number of aromatic amines is 1. The van der Waals surface area contributed by atoms with E-state index in [9.17, 15) is 9.18 Å². The molecule has 1 aliphatic heterocycles. The molecule has 8 nitrogen and oxygen atoms in total. The van der Waals surface area contributed by atoms with Crippen molar-refractivity contribution in [2.75, 3.05) is 31.1 Å². The first-order chi connectivity index (χ1) is 18.0. The molecule has 1 atom stereocenters. The highest BCUT2D eigenvalue weighted by Gasteiger charge is 2.35. The Morgan fingerprint density at radius 1 is 1.03 bits per heavy atom. The van der Waals surface area contributed by atoms with Crippen LogP contribution in [0.4, 0.5) is 10.1 Å². The molecule has 2 aromatic heterocycles. The Hall–Kier alpha value is -3.59. The number of nitrogens with one attached hydrogen (secondary N) is 1. The molecule has 3 heterocycles. The third-order valence-corrected chi connectivity index (χ3v) is 7.92. The quantitative estimate of drug-likeness (QED) is 0.439. The molecule has 192 valence electrons. The van der Waals surface area contributed by atoms with Crippen LogP contribution in [-0.4, -0.2) is 56.3 Å². The number of piperazine rings is 1. The zero-order chi connectivity index (χ0) is 25.5. The number of halogens is 1. The van der Waals surface area contributed by atoms with Gasteiger partial charge in [-0.15, -0.1) is 5.10 Å². The first-order valence-electron chi connectivity index (χ1n) is 13.1. The molecule has 9 heteroatoms. The molecule has 2 aliphatic rings. The molecule has 1 saturated carbocycles. The van der Waals surface area contributed by atoms with Gasteiger partial charge in [-0.2, -0.15) is 0 Å². The van der Waals surface area contributed by atoms with Gasteiger partial charge in [-0.1, -0.05) is 36.6 Å². The van der Waals surface area contributed by atoms with E-state index in [0.717, 1.165) is 47.7 Å². The standard InChI is InChI=1S/C28H32FN7O/c1-18-15-19(2)25-20(16-18)17-22(28(37)30-25)26(27-31-32-33-36(27)21-7-3-4-8-21)35-13-11-34(12-14-35)24-10-6-5-9-23(24)29/h5-6,9-10,15-17,21,26H,3-4,7-8,11-14H2,1-2H3,(H,30,37)/t26-/m0/s1. The minimum Gasteiger partial charge on any atom is -0.367 e. The van der Waals surface area contributed by atoms with Gasteiger partial charge in [0.05, 0.1) is 17.2 Å². The first-order valence-corrected chi connectivity index (χ1v) is 13.1. The van der Waals surface area contributed by atoms with Crippen molar-refractivity contribution in [3.63, 3.8) is 0 Å². The van der Waals surface area contributed by atoms with Crippen molar-refractivity contribution in [2.24, 2.45) is 0 Å². The topological polar surface area (TPSA) is 82.9 Å². The first kappa shape index (κ1) is 23.8. The minimum absolute atomic E-state index is 0.123. The highest BCUT2D eigenvalue weighted by atomic mass is 19.1. The summed E-state index contributed by atoms with van der Waals surface area (Å²) >= 11 is 0. The summed E-state index contributed by atoms with van der Waals surface area (Å²) in [4.78, 5) is 21.1. The number of aryl methyl sites for hydroxylation is 2. The lowest BCUT2D eigenvalue weighted by atomic mass is 10.00. The van der Waals surface area contributed by atoms with Crippen LogP contribution in [0.3, 0.4) is 0 Å². The largest absolute Gasteiger partial charge is 0.367 e. The fourth-order valence-electron chi connectivity index (χ4n) is 6.12. The number of rotatable bonds is 5. The number of pyridine rings is 1. The van der Waals surface area contributed by atoms with Gasteiger partial charge < -0.3 is 9.88 Å². The molecule has 0 unspecified atom stereocenters. The van der Waals surface area contributed by atoms with Crippen molar-refractivity contribution in [1.82, 2.24) is 30.1 Å². The number of hydrogen-bond donors (Lipinski definition) is 1. The van der Waals surface area contributed by atoms with Gasteiger partial charge in [-0.25, -0.2) is 9.07 Å². The zero-order valence-electron chi connectivity index (χ0n) is 21.3. The Balaban J connectivity index is 1.41. The fourth-order valence-corrected chi connectivity index (χ4v) is 6.12. The molecule has 0 amide bonds. The van der Waals surface area contributed by atoms with E-state index < -0.39 is 6.04 Å². The number of fused-ring (bicyclic) bond motifs is 1. The zero-order valence-corrected chi connectivity index (χ0v) is 21.3. The number of tetrazole rings is 1. The molecule has 2 fully saturated rings. The fraction of sp³-hybridized carbons (Fsp3) is 0.429. The van der Waals surface area contributed by atoms with Gasteiger partial charge in [-0.3, -0.25) is 9.69 Å². The lowest BCUT2D eigenvalue weighted by molar-refractivity contribution is 0.196. The number of nitrogens with zero attached hydrogens (tertiary/aromatic N) is 6. The summed E-state index contributed by atoms with van der Waals surface area (Å²) in [6, 6.07) is 12.9. The Morgan fingerprint density at radius 2 is 1.78 bits per heavy atom. The Kier molecular flexibility index (Phi) is 6.24. The Labute approximate surface area is 215 Å². The molecule has 4 aromatic rings. The SMILES string of the molecule is Cc1cc(C)c2[nH]c(=O)c([C@@H](c3nnnn3C3CCCC3)N3CCN(c4ccccc4F)CC3)cc2c1. The summed E-state index contributed by atoms with van der Waals surface area (Å²) in [7, 11) is 0. The molecular formula is C28H32FN7O. The van der Waals surface area contributed by atoms with Crippen molar-refractivity contribution in [3.8, 4) is 0 Å². The summed E-state index contributed by atoms with van der Waals surface area (Å²) in [5, 5.41) is 14.0. The molecule has 0 radical (unpaired) electrons. The van der Waals surface area contributed by atoms with Crippen molar-refractivity contribution in [3.05, 3.63) is 81.2 Å². The predicted molar refractivity (Wildman–Crippen MR) is 141 cm³/mol. The van der Waals surface area contributed by atoms with Crippen LogP contribution >= 0.6 is 0 Å². The number of H-pyrrole nitrogens is 1. The highest BCUT2D eigenvalue weighted by Crippen LogP contribution is 2.35. The summed E-state index contributed by atoms with van der Waals surface area (Å²) < 4.78 is 16.4. The molecule has 2 aromatic carbocycles. The van der Waals surface area contributed by atoms with Crippen LogP contribution in [0.1, 0.15) is 60.3 Å². The maximum absolute atomic E-state index is 14.5. The molecule has 1 N–H and O–H groups in total. The maximum atomic E-state index is 14.5. The monoisotopic (exact) mass is 501 g/mol. The number of aromatic nitrogens is 5. The maximum Gasteiger partial charge on any atom is 0.253 e. The van der Waals surface area contributed by atoms with Gasteiger partial charge >= 0.3 is 0 Å². The average Bonchev–Trinajstić information content (AvgIpc) is 3.58. The number of benzene rings is 2. The van der Waals surface area contributed by atoms with E-state index >= 15 is 0 Å². The average molecular weight is 502 g/mol. The second kappa shape index (κ2) is 9.70. The van der Waals surface area contributed by atoms with Crippen molar-refractivity contribution >= 4 is 16.6 Å². The van der Waals surface area contributed by atoms with Gasteiger partial charge in [0.1, 0.15) is 11.9 Å². The van der Waals surface area contributed by atoms with Crippen molar-refractivity contribution in [2.45, 2.75) is 51.6 Å². The normalized spacial score (nSPS) is 18.1. The van der Waals surface area contributed by atoms with Crippen LogP contribution in [0.15, 0.2) is 47.3 Å². The number of anilines is 1. The lowest BCUT2D eigenvalue weighted by Gasteiger charge is -2.39. The van der Waals surface area contributed by atoms with Crippen molar-refractivity contribution < 1.29 is 4.39 Å². The van der Waals surface area contributed by atoms with Crippen LogP contribution in [0.5, 0.6) is 0 Å². The van der Waals surface area contributed by atoms with Crippen LogP contribution in [0.25, 0.3) is 10.9 Å². The Bertz CT molecular complexity index is 1480. The third kappa shape index (κ3) is 4.41. The summed E-state index contributed by atoms with van der Waals surface area (Å²) in [6.07, 6.45) is 4.40. The number of para-hydroxylation sites is 1. The van der Waals surface area contributed by atoms with Gasteiger partial charge in [0.2, 0.25) is 0 Å². The molecule has 1 aliphatic carbocycles. The molecule has 0 spiro atoms. The van der Waals surface area contributed by atoms with Crippen LogP contribution in [0.2, 0.25) is 0 Å². The third-order valence-electron chi connectivity index (χ3n) is 7.92. The molecular weight excluding hydrogens is 469 g/mol. The van der Waals surface area contributed by atoms with Crippen LogP contribution in [-0.2, 0) is 0 Å². The van der Waals surface area contributed by atoms with E-state index in [4.69, 9.17) is 0 Å². The summed E-state index contributed by atoms with van der Waals surface area (Å²) in [5.74, 6) is 0.495. The molecule has 0 bridgehead atoms. The molecule has 1 saturated heterocycles. The predicted octanol–water partition coefficient (Wildman–Crippen LogP) is 4.30. The van der Waals surface area contributed by atoms with E-state index in [1.165, 1.54) is 6.07 Å². The number of hydrogen-bond acceptors (Lipinski definition) is 6. The van der Waals surface area contributed by atoms with E-state index in [0.29, 0.717) is 43.3 Å². The second-order valence-electron chi connectivity index (χ2n) is 10.4. The summed E-state index contributed by atoms with van der Waals surface area (Å²) in [6.45, 7) is 6.68.